The van der Waals surface area contributed by atoms with Crippen LogP contribution in [0.3, 0.4) is 0 Å². The van der Waals surface area contributed by atoms with Crippen LogP contribution in [0.4, 0.5) is 0 Å². The highest BCUT2D eigenvalue weighted by Crippen LogP contribution is 2.37. The van der Waals surface area contributed by atoms with Gasteiger partial charge in [0.2, 0.25) is 0 Å². The van der Waals surface area contributed by atoms with Crippen LogP contribution in [0.1, 0.15) is 59.6 Å². The van der Waals surface area contributed by atoms with E-state index in [1.54, 1.807) is 21.1 Å². The van der Waals surface area contributed by atoms with Crippen molar-refractivity contribution in [1.29, 1.82) is 0 Å². The van der Waals surface area contributed by atoms with Gasteiger partial charge in [-0.05, 0) is 79.8 Å². The van der Waals surface area contributed by atoms with E-state index in [0.29, 0.717) is 17.9 Å². The van der Waals surface area contributed by atoms with Crippen LogP contribution in [0.15, 0.2) is 66.7 Å². The fourth-order valence-electron chi connectivity index (χ4n) is 4.52. The van der Waals surface area contributed by atoms with E-state index < -0.39 is 18.0 Å². The smallest absolute Gasteiger partial charge is 0.310 e. The van der Waals surface area contributed by atoms with Gasteiger partial charge in [0.15, 0.2) is 0 Å². The van der Waals surface area contributed by atoms with Gasteiger partial charge in [0.25, 0.3) is 0 Å². The Bertz CT molecular complexity index is 1070. The molecule has 0 aliphatic carbocycles. The third kappa shape index (κ3) is 6.86. The van der Waals surface area contributed by atoms with Crippen LogP contribution < -0.4 is 9.47 Å². The van der Waals surface area contributed by atoms with Gasteiger partial charge in [-0.1, -0.05) is 54.6 Å². The van der Waals surface area contributed by atoms with Crippen LogP contribution in [-0.2, 0) is 17.6 Å². The van der Waals surface area contributed by atoms with E-state index in [2.05, 4.69) is 12.1 Å². The molecule has 186 valence electrons. The van der Waals surface area contributed by atoms with Gasteiger partial charge in [-0.15, -0.1) is 0 Å². The largest absolute Gasteiger partial charge is 0.496 e. The molecule has 5 nitrogen and oxygen atoms in total. The summed E-state index contributed by atoms with van der Waals surface area (Å²) in [6.45, 7) is 3.62. The molecule has 5 heteroatoms. The zero-order valence-corrected chi connectivity index (χ0v) is 21.0. The van der Waals surface area contributed by atoms with Gasteiger partial charge < -0.3 is 19.7 Å². The van der Waals surface area contributed by atoms with Gasteiger partial charge in [-0.3, -0.25) is 4.79 Å². The van der Waals surface area contributed by atoms with Crippen molar-refractivity contribution in [3.05, 3.63) is 94.5 Å². The molecular weight excluding hydrogens is 440 g/mol. The van der Waals surface area contributed by atoms with Crippen molar-refractivity contribution in [3.63, 3.8) is 0 Å². The lowest BCUT2D eigenvalue weighted by Gasteiger charge is -2.25. The first-order valence-corrected chi connectivity index (χ1v) is 12.1. The molecule has 0 fully saturated rings. The number of aliphatic hydroxyl groups excluding tert-OH is 1. The average Bonchev–Trinajstić information content (AvgIpc) is 2.88. The second-order valence-corrected chi connectivity index (χ2v) is 9.14. The van der Waals surface area contributed by atoms with Crippen molar-refractivity contribution < 1.29 is 24.5 Å². The van der Waals surface area contributed by atoms with Crippen molar-refractivity contribution in [2.75, 3.05) is 14.2 Å². The Kier molecular flexibility index (Phi) is 9.32. The Morgan fingerprint density at radius 2 is 1.49 bits per heavy atom. The first-order valence-electron chi connectivity index (χ1n) is 12.1. The van der Waals surface area contributed by atoms with Crippen molar-refractivity contribution >= 4 is 5.97 Å². The van der Waals surface area contributed by atoms with Crippen LogP contribution in [0, 0.1) is 12.8 Å². The molecule has 3 aromatic carbocycles. The summed E-state index contributed by atoms with van der Waals surface area (Å²) in [4.78, 5) is 11.3. The molecule has 0 aliphatic heterocycles. The highest BCUT2D eigenvalue weighted by Gasteiger charge is 2.24. The normalized spacial score (nSPS) is 13.6. The molecule has 0 aliphatic rings. The molecule has 0 saturated carbocycles. The molecule has 35 heavy (non-hydrogen) atoms. The molecule has 3 atom stereocenters. The lowest BCUT2D eigenvalue weighted by molar-refractivity contribution is -0.138. The number of benzene rings is 3. The zero-order chi connectivity index (χ0) is 25.4. The fourth-order valence-corrected chi connectivity index (χ4v) is 4.52. The van der Waals surface area contributed by atoms with Gasteiger partial charge >= 0.3 is 5.97 Å². The minimum absolute atomic E-state index is 0.0291. The third-order valence-corrected chi connectivity index (χ3v) is 6.79. The summed E-state index contributed by atoms with van der Waals surface area (Å²) < 4.78 is 11.1. The molecule has 3 aromatic rings. The Hall–Kier alpha value is -3.31. The topological polar surface area (TPSA) is 76.0 Å². The zero-order valence-electron chi connectivity index (χ0n) is 21.0. The standard InChI is InChI=1S/C30H36O5/c1-20(30(32)33)24-15-13-23(14-16-24)17-25(12-8-11-22-9-6-5-7-10-22)29(31)26-18-27(34-3)21(2)28(19-26)35-4/h5-7,9-10,13-16,18-20,25,29,31H,8,11-12,17H2,1-4H3,(H,32,33)/t20?,25-,29-/m1/s1. The molecule has 0 amide bonds. The molecule has 0 spiro atoms. The quantitative estimate of drug-likeness (QED) is 0.330. The van der Waals surface area contributed by atoms with Gasteiger partial charge in [0.1, 0.15) is 11.5 Å². The molecule has 0 saturated heterocycles. The molecule has 0 radical (unpaired) electrons. The van der Waals surface area contributed by atoms with E-state index in [1.165, 1.54) is 5.56 Å². The minimum atomic E-state index is -0.839. The van der Waals surface area contributed by atoms with Gasteiger partial charge in [0, 0.05) is 5.56 Å². The van der Waals surface area contributed by atoms with Crippen molar-refractivity contribution in [2.45, 2.75) is 51.6 Å². The number of rotatable bonds is 12. The Labute approximate surface area is 208 Å². The monoisotopic (exact) mass is 476 g/mol. The number of methoxy groups -OCH3 is 2. The molecule has 1 unspecified atom stereocenters. The van der Waals surface area contributed by atoms with E-state index in [-0.39, 0.29) is 5.92 Å². The molecule has 2 N–H and O–H groups in total. The summed E-state index contributed by atoms with van der Waals surface area (Å²) in [6.07, 6.45) is 2.70. The number of carboxylic acid groups (broad SMARTS) is 1. The Morgan fingerprint density at radius 1 is 0.886 bits per heavy atom. The van der Waals surface area contributed by atoms with Crippen LogP contribution in [-0.4, -0.2) is 30.4 Å². The summed E-state index contributed by atoms with van der Waals surface area (Å²) in [5.41, 5.74) is 4.79. The van der Waals surface area contributed by atoms with Crippen LogP contribution >= 0.6 is 0 Å². The number of carboxylic acids is 1. The summed E-state index contributed by atoms with van der Waals surface area (Å²) in [6, 6.07) is 21.9. The molecule has 0 bridgehead atoms. The highest BCUT2D eigenvalue weighted by atomic mass is 16.5. The number of ether oxygens (including phenoxy) is 2. The van der Waals surface area contributed by atoms with E-state index >= 15 is 0 Å². The number of aryl methyl sites for hydroxylation is 1. The van der Waals surface area contributed by atoms with E-state index in [9.17, 15) is 15.0 Å². The summed E-state index contributed by atoms with van der Waals surface area (Å²) in [5.74, 6) is -0.0431. The second kappa shape index (κ2) is 12.4. The van der Waals surface area contributed by atoms with E-state index in [1.807, 2.05) is 61.5 Å². The lowest BCUT2D eigenvalue weighted by Crippen LogP contribution is -2.17. The molecule has 0 aromatic heterocycles. The SMILES string of the molecule is COc1cc([C@H](O)[C@H](CCCc2ccccc2)Cc2ccc(C(C)C(=O)O)cc2)cc(OC)c1C. The Balaban J connectivity index is 1.83. The van der Waals surface area contributed by atoms with Gasteiger partial charge in [0.05, 0.1) is 26.2 Å². The van der Waals surface area contributed by atoms with Crippen LogP contribution in [0.2, 0.25) is 0 Å². The highest BCUT2D eigenvalue weighted by molar-refractivity contribution is 5.75. The Morgan fingerprint density at radius 3 is 2.03 bits per heavy atom. The maximum absolute atomic E-state index is 11.5. The first-order chi connectivity index (χ1) is 16.8. The van der Waals surface area contributed by atoms with Crippen LogP contribution in [0.25, 0.3) is 0 Å². The fraction of sp³-hybridized carbons (Fsp3) is 0.367. The second-order valence-electron chi connectivity index (χ2n) is 9.14. The number of hydrogen-bond donors (Lipinski definition) is 2. The number of hydrogen-bond acceptors (Lipinski definition) is 4. The van der Waals surface area contributed by atoms with E-state index in [0.717, 1.165) is 41.5 Å². The minimum Gasteiger partial charge on any atom is -0.496 e. The summed E-state index contributed by atoms with van der Waals surface area (Å²) in [7, 11) is 3.24. The third-order valence-electron chi connectivity index (χ3n) is 6.79. The number of aliphatic carboxylic acids is 1. The number of aliphatic hydroxyl groups is 1. The first kappa shape index (κ1) is 26.3. The maximum Gasteiger partial charge on any atom is 0.310 e. The van der Waals surface area contributed by atoms with Crippen LogP contribution in [0.5, 0.6) is 11.5 Å². The maximum atomic E-state index is 11.5. The summed E-state index contributed by atoms with van der Waals surface area (Å²) in [5, 5.41) is 20.8. The molecule has 0 heterocycles. The van der Waals surface area contributed by atoms with Gasteiger partial charge in [-0.25, -0.2) is 0 Å². The number of carbonyl (C=O) groups is 1. The molecular formula is C30H36O5. The predicted octanol–water partition coefficient (Wildman–Crippen LogP) is 6.12. The van der Waals surface area contributed by atoms with Gasteiger partial charge in [-0.2, -0.15) is 0 Å². The van der Waals surface area contributed by atoms with Crippen molar-refractivity contribution in [1.82, 2.24) is 0 Å². The molecule has 3 rings (SSSR count). The van der Waals surface area contributed by atoms with E-state index in [4.69, 9.17) is 9.47 Å². The average molecular weight is 477 g/mol. The van der Waals surface area contributed by atoms with Crippen molar-refractivity contribution in [2.24, 2.45) is 5.92 Å². The summed E-state index contributed by atoms with van der Waals surface area (Å²) >= 11 is 0. The predicted molar refractivity (Wildman–Crippen MR) is 138 cm³/mol. The van der Waals surface area contributed by atoms with Crippen molar-refractivity contribution in [3.8, 4) is 11.5 Å². The lowest BCUT2D eigenvalue weighted by atomic mass is 9.84.